The molecular weight excluding hydrogens is 582 g/mol. The monoisotopic (exact) mass is 650 g/mol. The van der Waals surface area contributed by atoms with Crippen LogP contribution in [0.5, 0.6) is 0 Å². The van der Waals surface area contributed by atoms with Crippen molar-refractivity contribution in [2.24, 2.45) is 0 Å². The number of hydrogen-bond acceptors (Lipinski definition) is 6. The molecule has 0 fully saturated rings. The SMILES string of the molecule is CC/C=C/C/C=C/C/C=C/CCCCC(=O)OC(COCCC(C(=O)O)[N+](C)(C)C)COC(=O)CCCCCCCCCCCC. The lowest BCUT2D eigenvalue weighted by molar-refractivity contribution is -0.887. The number of rotatable bonds is 31. The van der Waals surface area contributed by atoms with E-state index in [1.54, 1.807) is 0 Å². The summed E-state index contributed by atoms with van der Waals surface area (Å²) in [6, 6.07) is -0.618. The van der Waals surface area contributed by atoms with Crippen molar-refractivity contribution in [1.29, 1.82) is 0 Å². The van der Waals surface area contributed by atoms with E-state index in [0.717, 1.165) is 51.4 Å². The first kappa shape index (κ1) is 43.5. The molecule has 0 heterocycles. The van der Waals surface area contributed by atoms with Crippen LogP contribution in [0.25, 0.3) is 0 Å². The molecule has 0 amide bonds. The van der Waals surface area contributed by atoms with E-state index in [1.165, 1.54) is 44.9 Å². The van der Waals surface area contributed by atoms with Crippen molar-refractivity contribution in [3.8, 4) is 0 Å². The Kier molecular flexibility index (Phi) is 28.3. The maximum atomic E-state index is 12.6. The Morgan fingerprint density at radius 3 is 1.80 bits per heavy atom. The normalized spacial score (nSPS) is 13.5. The standard InChI is InChI=1S/C38H67NO7/c1-6-8-10-12-14-16-18-19-21-23-25-27-29-37(41)46-34(32-44-31-30-35(38(42)43)39(3,4)5)33-45-36(40)28-26-24-22-20-17-15-13-11-9-7-2/h8,10,14,16,19,21,34-35H,6-7,9,11-13,15,17-18,20,22-33H2,1-5H3/p+1/b10-8+,16-14+,21-19+. The van der Waals surface area contributed by atoms with E-state index in [-0.39, 0.29) is 42.7 Å². The Balaban J connectivity index is 4.53. The van der Waals surface area contributed by atoms with Gasteiger partial charge in [-0.25, -0.2) is 4.79 Å². The van der Waals surface area contributed by atoms with Crippen LogP contribution in [0.15, 0.2) is 36.5 Å². The van der Waals surface area contributed by atoms with Crippen molar-refractivity contribution in [2.45, 2.75) is 148 Å². The Morgan fingerprint density at radius 1 is 0.674 bits per heavy atom. The number of carbonyl (C=O) groups excluding carboxylic acids is 2. The van der Waals surface area contributed by atoms with Gasteiger partial charge in [-0.1, -0.05) is 108 Å². The zero-order chi connectivity index (χ0) is 34.3. The molecule has 0 aliphatic carbocycles. The third-order valence-corrected chi connectivity index (χ3v) is 7.80. The molecule has 0 radical (unpaired) electrons. The van der Waals surface area contributed by atoms with Gasteiger partial charge in [0.05, 0.1) is 34.4 Å². The number of carboxylic acid groups (broad SMARTS) is 1. The highest BCUT2D eigenvalue weighted by Gasteiger charge is 2.31. The summed E-state index contributed by atoms with van der Waals surface area (Å²) in [6.07, 6.45) is 30.5. The minimum absolute atomic E-state index is 0.0469. The lowest BCUT2D eigenvalue weighted by Crippen LogP contribution is -2.50. The first-order valence-corrected chi connectivity index (χ1v) is 18.0. The molecule has 0 aromatic heterocycles. The van der Waals surface area contributed by atoms with Crippen LogP contribution in [0.3, 0.4) is 0 Å². The van der Waals surface area contributed by atoms with Gasteiger partial charge in [0.2, 0.25) is 0 Å². The molecule has 0 saturated heterocycles. The fourth-order valence-electron chi connectivity index (χ4n) is 4.99. The predicted molar refractivity (Wildman–Crippen MR) is 188 cm³/mol. The van der Waals surface area contributed by atoms with Crippen molar-refractivity contribution in [3.63, 3.8) is 0 Å². The molecule has 0 bridgehead atoms. The summed E-state index contributed by atoms with van der Waals surface area (Å²) in [5.74, 6) is -1.53. The molecule has 0 aromatic rings. The van der Waals surface area contributed by atoms with E-state index in [1.807, 2.05) is 21.1 Å². The molecule has 2 unspecified atom stereocenters. The van der Waals surface area contributed by atoms with Gasteiger partial charge in [-0.05, 0) is 44.9 Å². The fraction of sp³-hybridized carbons (Fsp3) is 0.763. The van der Waals surface area contributed by atoms with Gasteiger partial charge in [-0.15, -0.1) is 0 Å². The van der Waals surface area contributed by atoms with Crippen LogP contribution in [-0.4, -0.2) is 80.6 Å². The number of carboxylic acids is 1. The highest BCUT2D eigenvalue weighted by molar-refractivity contribution is 5.72. The molecule has 0 aliphatic rings. The van der Waals surface area contributed by atoms with Crippen molar-refractivity contribution >= 4 is 17.9 Å². The van der Waals surface area contributed by atoms with Crippen molar-refractivity contribution < 1.29 is 38.2 Å². The highest BCUT2D eigenvalue weighted by atomic mass is 16.6. The van der Waals surface area contributed by atoms with E-state index in [9.17, 15) is 19.5 Å². The number of unbranched alkanes of at least 4 members (excludes halogenated alkanes) is 11. The topological polar surface area (TPSA) is 99.1 Å². The number of ether oxygens (including phenoxy) is 3. The minimum Gasteiger partial charge on any atom is -0.477 e. The van der Waals surface area contributed by atoms with Gasteiger partial charge in [-0.3, -0.25) is 9.59 Å². The van der Waals surface area contributed by atoms with E-state index in [0.29, 0.717) is 19.3 Å². The van der Waals surface area contributed by atoms with Gasteiger partial charge < -0.3 is 23.8 Å². The largest absolute Gasteiger partial charge is 0.477 e. The van der Waals surface area contributed by atoms with Crippen LogP contribution >= 0.6 is 0 Å². The lowest BCUT2D eigenvalue weighted by atomic mass is 10.1. The van der Waals surface area contributed by atoms with Crippen LogP contribution < -0.4 is 0 Å². The molecule has 46 heavy (non-hydrogen) atoms. The molecule has 0 rings (SSSR count). The van der Waals surface area contributed by atoms with Gasteiger partial charge in [0.15, 0.2) is 12.1 Å². The number of aliphatic carboxylic acids is 1. The molecule has 0 saturated carbocycles. The summed E-state index contributed by atoms with van der Waals surface area (Å²) in [5.41, 5.74) is 0. The molecular formula is C38H68NO7+. The second-order valence-electron chi connectivity index (χ2n) is 13.1. The van der Waals surface area contributed by atoms with Crippen molar-refractivity contribution in [2.75, 3.05) is 41.0 Å². The molecule has 2 atom stereocenters. The molecule has 0 aromatic carbocycles. The van der Waals surface area contributed by atoms with Gasteiger partial charge in [0, 0.05) is 19.3 Å². The number of likely N-dealkylation sites (N-methyl/N-ethyl adjacent to an activating group) is 1. The third-order valence-electron chi connectivity index (χ3n) is 7.80. The maximum Gasteiger partial charge on any atom is 0.362 e. The van der Waals surface area contributed by atoms with Gasteiger partial charge >= 0.3 is 17.9 Å². The van der Waals surface area contributed by atoms with Crippen molar-refractivity contribution in [1.82, 2.24) is 0 Å². The fourth-order valence-corrected chi connectivity index (χ4v) is 4.99. The minimum atomic E-state index is -0.883. The van der Waals surface area contributed by atoms with Crippen molar-refractivity contribution in [3.05, 3.63) is 36.5 Å². The van der Waals surface area contributed by atoms with E-state index in [2.05, 4.69) is 50.3 Å². The predicted octanol–water partition coefficient (Wildman–Crippen LogP) is 8.74. The van der Waals surface area contributed by atoms with E-state index < -0.39 is 18.1 Å². The molecule has 0 spiro atoms. The average Bonchev–Trinajstić information content (AvgIpc) is 3.00. The number of nitrogens with zero attached hydrogens (tertiary/aromatic N) is 1. The second kappa shape index (κ2) is 29.9. The molecule has 8 heteroatoms. The average molecular weight is 651 g/mol. The first-order chi connectivity index (χ1) is 22.1. The van der Waals surface area contributed by atoms with Gasteiger partial charge in [0.1, 0.15) is 6.61 Å². The molecule has 0 aliphatic heterocycles. The third kappa shape index (κ3) is 27.8. The number of esters is 2. The quantitative estimate of drug-likeness (QED) is 0.0347. The summed E-state index contributed by atoms with van der Waals surface area (Å²) in [4.78, 5) is 36.6. The zero-order valence-electron chi connectivity index (χ0n) is 30.0. The summed E-state index contributed by atoms with van der Waals surface area (Å²) >= 11 is 0. The molecule has 1 N–H and O–H groups in total. The second-order valence-corrected chi connectivity index (χ2v) is 13.1. The number of allylic oxidation sites excluding steroid dienone is 6. The smallest absolute Gasteiger partial charge is 0.362 e. The van der Waals surface area contributed by atoms with Crippen LogP contribution in [0.1, 0.15) is 136 Å². The Bertz CT molecular complexity index is 860. The summed E-state index contributed by atoms with van der Waals surface area (Å²) in [7, 11) is 5.49. The highest BCUT2D eigenvalue weighted by Crippen LogP contribution is 2.13. The summed E-state index contributed by atoms with van der Waals surface area (Å²) in [6.45, 7) is 4.54. The van der Waals surface area contributed by atoms with Crippen LogP contribution in [-0.2, 0) is 28.6 Å². The number of hydrogen-bond donors (Lipinski definition) is 1. The summed E-state index contributed by atoms with van der Waals surface area (Å²) < 4.78 is 17.1. The van der Waals surface area contributed by atoms with Crippen LogP contribution in [0.2, 0.25) is 0 Å². The first-order valence-electron chi connectivity index (χ1n) is 18.0. The lowest BCUT2D eigenvalue weighted by Gasteiger charge is -2.31. The zero-order valence-corrected chi connectivity index (χ0v) is 30.0. The molecule has 8 nitrogen and oxygen atoms in total. The Morgan fingerprint density at radius 2 is 1.22 bits per heavy atom. The maximum absolute atomic E-state index is 12.6. The van der Waals surface area contributed by atoms with Gasteiger partial charge in [-0.2, -0.15) is 0 Å². The Hall–Kier alpha value is -2.45. The summed E-state index contributed by atoms with van der Waals surface area (Å²) in [5, 5.41) is 9.56. The molecule has 266 valence electrons. The number of quaternary nitrogens is 1. The van der Waals surface area contributed by atoms with Gasteiger partial charge in [0.25, 0.3) is 0 Å². The van der Waals surface area contributed by atoms with Crippen LogP contribution in [0.4, 0.5) is 0 Å². The number of carbonyl (C=O) groups is 3. The van der Waals surface area contributed by atoms with E-state index >= 15 is 0 Å². The Labute approximate surface area is 281 Å². The van der Waals surface area contributed by atoms with Crippen LogP contribution in [0, 0.1) is 0 Å². The van der Waals surface area contributed by atoms with E-state index in [4.69, 9.17) is 14.2 Å².